The van der Waals surface area contributed by atoms with E-state index >= 15 is 0 Å². The number of urea groups is 1. The molecule has 166 valence electrons. The molecule has 4 rings (SSSR count). The number of rotatable bonds is 5. The van der Waals surface area contributed by atoms with Gasteiger partial charge in [-0.1, -0.05) is 6.07 Å². The van der Waals surface area contributed by atoms with Gasteiger partial charge in [0.15, 0.2) is 0 Å². The van der Waals surface area contributed by atoms with Gasteiger partial charge in [0.25, 0.3) is 0 Å². The van der Waals surface area contributed by atoms with Gasteiger partial charge in [-0.3, -0.25) is 9.69 Å². The Bertz CT molecular complexity index is 698. The van der Waals surface area contributed by atoms with Crippen LogP contribution in [0.3, 0.4) is 0 Å². The molecule has 0 aliphatic carbocycles. The fourth-order valence-electron chi connectivity index (χ4n) is 4.84. The number of likely N-dealkylation sites (tertiary alicyclic amines) is 2. The summed E-state index contributed by atoms with van der Waals surface area (Å²) in [7, 11) is 2.16. The van der Waals surface area contributed by atoms with Crippen LogP contribution in [0.1, 0.15) is 36.6 Å². The van der Waals surface area contributed by atoms with Crippen molar-refractivity contribution in [3.05, 3.63) is 22.4 Å². The number of carbonyl (C=O) groups is 2. The van der Waals surface area contributed by atoms with Gasteiger partial charge in [0.05, 0.1) is 12.0 Å². The van der Waals surface area contributed by atoms with Gasteiger partial charge >= 0.3 is 6.03 Å². The largest absolute Gasteiger partial charge is 0.354 e. The zero-order valence-corrected chi connectivity index (χ0v) is 18.9. The van der Waals surface area contributed by atoms with E-state index < -0.39 is 0 Å². The summed E-state index contributed by atoms with van der Waals surface area (Å²) >= 11 is 1.77. The highest BCUT2D eigenvalue weighted by molar-refractivity contribution is 7.10. The van der Waals surface area contributed by atoms with Crippen LogP contribution >= 0.6 is 11.3 Å². The average Bonchev–Trinajstić information content (AvgIpc) is 3.49. The normalized spacial score (nSPS) is 24.8. The van der Waals surface area contributed by atoms with Gasteiger partial charge in [-0.05, 0) is 44.2 Å². The second-order valence-corrected chi connectivity index (χ2v) is 9.86. The highest BCUT2D eigenvalue weighted by Gasteiger charge is 2.32. The minimum Gasteiger partial charge on any atom is -0.354 e. The number of carbonyl (C=O) groups excluding carboxylic acids is 2. The third-order valence-electron chi connectivity index (χ3n) is 6.76. The molecule has 0 saturated carbocycles. The molecule has 3 aliphatic rings. The van der Waals surface area contributed by atoms with Gasteiger partial charge < -0.3 is 20.0 Å². The third-order valence-corrected chi connectivity index (χ3v) is 7.73. The van der Waals surface area contributed by atoms with Crippen LogP contribution < -0.4 is 5.32 Å². The van der Waals surface area contributed by atoms with Gasteiger partial charge in [0.1, 0.15) is 0 Å². The number of thiophene rings is 1. The first-order chi connectivity index (χ1) is 14.6. The monoisotopic (exact) mass is 433 g/mol. The van der Waals surface area contributed by atoms with Crippen molar-refractivity contribution >= 4 is 23.3 Å². The number of piperazine rings is 1. The van der Waals surface area contributed by atoms with Crippen LogP contribution in [0.25, 0.3) is 0 Å². The first-order valence-corrected chi connectivity index (χ1v) is 12.3. The zero-order valence-electron chi connectivity index (χ0n) is 18.1. The van der Waals surface area contributed by atoms with Gasteiger partial charge in [0.2, 0.25) is 5.91 Å². The lowest BCUT2D eigenvalue weighted by atomic mass is 9.97. The second kappa shape index (κ2) is 10.1. The lowest BCUT2D eigenvalue weighted by molar-refractivity contribution is -0.126. The quantitative estimate of drug-likeness (QED) is 0.773. The maximum Gasteiger partial charge on any atom is 0.320 e. The van der Waals surface area contributed by atoms with Crippen LogP contribution in [-0.2, 0) is 4.79 Å². The maximum absolute atomic E-state index is 13.0. The van der Waals surface area contributed by atoms with Crippen molar-refractivity contribution in [2.24, 2.45) is 5.92 Å². The van der Waals surface area contributed by atoms with Crippen molar-refractivity contribution in [3.8, 4) is 0 Å². The molecule has 0 spiro atoms. The molecular weight excluding hydrogens is 398 g/mol. The molecule has 0 radical (unpaired) electrons. The highest BCUT2D eigenvalue weighted by atomic mass is 32.1. The Balaban J connectivity index is 1.33. The summed E-state index contributed by atoms with van der Waals surface area (Å²) in [6, 6.07) is 4.62. The maximum atomic E-state index is 13.0. The van der Waals surface area contributed by atoms with Crippen molar-refractivity contribution in [2.75, 3.05) is 66.0 Å². The van der Waals surface area contributed by atoms with E-state index in [1.165, 1.54) is 4.88 Å². The van der Waals surface area contributed by atoms with E-state index in [4.69, 9.17) is 0 Å². The molecule has 4 heterocycles. The summed E-state index contributed by atoms with van der Waals surface area (Å²) < 4.78 is 0. The molecule has 8 heteroatoms. The van der Waals surface area contributed by atoms with Crippen molar-refractivity contribution in [3.63, 3.8) is 0 Å². The smallest absolute Gasteiger partial charge is 0.320 e. The van der Waals surface area contributed by atoms with Crippen molar-refractivity contribution in [1.29, 1.82) is 0 Å². The standard InChI is InChI=1S/C22H35N5O2S/c1-24-11-13-25(14-12-24)19(20-7-5-15-30-20)16-23-21(28)18-6-4-10-27(17-18)22(29)26-8-2-3-9-26/h5,7,15,18-19H,2-4,6,8-14,16-17H2,1H3,(H,23,28)/t18-,19+/m0/s1. The van der Waals surface area contributed by atoms with E-state index in [1.807, 2.05) is 9.80 Å². The van der Waals surface area contributed by atoms with E-state index in [2.05, 4.69) is 39.7 Å². The number of hydrogen-bond donors (Lipinski definition) is 1. The summed E-state index contributed by atoms with van der Waals surface area (Å²) in [5.74, 6) is 0.00591. The molecule has 30 heavy (non-hydrogen) atoms. The number of amides is 3. The fraction of sp³-hybridized carbons (Fsp3) is 0.727. The van der Waals surface area contributed by atoms with Crippen molar-refractivity contribution < 1.29 is 9.59 Å². The summed E-state index contributed by atoms with van der Waals surface area (Å²) in [4.78, 5) is 35.8. The van der Waals surface area contributed by atoms with Crippen LogP contribution in [0.4, 0.5) is 4.79 Å². The predicted octanol–water partition coefficient (Wildman–Crippen LogP) is 2.08. The van der Waals surface area contributed by atoms with Crippen LogP contribution in [0, 0.1) is 5.92 Å². The van der Waals surface area contributed by atoms with E-state index in [9.17, 15) is 9.59 Å². The number of hydrogen-bond acceptors (Lipinski definition) is 5. The molecule has 0 unspecified atom stereocenters. The molecule has 3 amide bonds. The summed E-state index contributed by atoms with van der Waals surface area (Å²) in [5, 5.41) is 5.35. The number of piperidine rings is 1. The van der Waals surface area contributed by atoms with Gasteiger partial charge in [0, 0.05) is 63.8 Å². The zero-order chi connectivity index (χ0) is 20.9. The Morgan fingerprint density at radius 3 is 2.50 bits per heavy atom. The Morgan fingerprint density at radius 2 is 1.80 bits per heavy atom. The Morgan fingerprint density at radius 1 is 1.07 bits per heavy atom. The number of nitrogens with zero attached hydrogens (tertiary/aromatic N) is 4. The van der Waals surface area contributed by atoms with E-state index in [-0.39, 0.29) is 23.9 Å². The first kappa shape index (κ1) is 21.6. The fourth-order valence-corrected chi connectivity index (χ4v) is 5.70. The van der Waals surface area contributed by atoms with Crippen molar-refractivity contribution in [2.45, 2.75) is 31.7 Å². The summed E-state index contributed by atoms with van der Waals surface area (Å²) in [6.07, 6.45) is 3.97. The third kappa shape index (κ3) is 5.15. The predicted molar refractivity (Wildman–Crippen MR) is 120 cm³/mol. The molecule has 0 aromatic carbocycles. The number of likely N-dealkylation sites (N-methyl/N-ethyl adjacent to an activating group) is 1. The second-order valence-electron chi connectivity index (χ2n) is 8.88. The summed E-state index contributed by atoms with van der Waals surface area (Å²) in [6.45, 7) is 7.86. The van der Waals surface area contributed by atoms with E-state index in [0.29, 0.717) is 13.1 Å². The SMILES string of the molecule is CN1CCN([C@H](CNC(=O)[C@H]2CCCN(C(=O)N3CCCC3)C2)c2cccs2)CC1. The lowest BCUT2D eigenvalue weighted by Gasteiger charge is -2.38. The molecule has 3 fully saturated rings. The molecule has 7 nitrogen and oxygen atoms in total. The van der Waals surface area contributed by atoms with Gasteiger partial charge in [-0.25, -0.2) is 4.79 Å². The Labute approximate surface area is 184 Å². The van der Waals surface area contributed by atoms with Crippen molar-refractivity contribution in [1.82, 2.24) is 24.9 Å². The molecule has 1 N–H and O–H groups in total. The molecular formula is C22H35N5O2S. The van der Waals surface area contributed by atoms with Crippen LogP contribution in [-0.4, -0.2) is 97.5 Å². The van der Waals surface area contributed by atoms with Crippen LogP contribution in [0.2, 0.25) is 0 Å². The average molecular weight is 434 g/mol. The molecule has 2 atom stereocenters. The van der Waals surface area contributed by atoms with Gasteiger partial charge in [-0.15, -0.1) is 11.3 Å². The van der Waals surface area contributed by atoms with Crippen LogP contribution in [0.5, 0.6) is 0 Å². The first-order valence-electron chi connectivity index (χ1n) is 11.4. The Hall–Kier alpha value is -1.64. The summed E-state index contributed by atoms with van der Waals surface area (Å²) in [5.41, 5.74) is 0. The molecule has 3 saturated heterocycles. The van der Waals surface area contributed by atoms with E-state index in [1.54, 1.807) is 11.3 Å². The van der Waals surface area contributed by atoms with Crippen LogP contribution in [0.15, 0.2) is 17.5 Å². The van der Waals surface area contributed by atoms with E-state index in [0.717, 1.165) is 71.5 Å². The molecule has 3 aliphatic heterocycles. The minimum atomic E-state index is -0.0956. The Kier molecular flexibility index (Phi) is 7.28. The minimum absolute atomic E-state index is 0.0956. The topological polar surface area (TPSA) is 59.1 Å². The molecule has 1 aromatic rings. The molecule has 1 aromatic heterocycles. The lowest BCUT2D eigenvalue weighted by Crippen LogP contribution is -2.51. The molecule has 0 bridgehead atoms. The number of nitrogens with one attached hydrogen (secondary N) is 1. The van der Waals surface area contributed by atoms with Gasteiger partial charge in [-0.2, -0.15) is 0 Å². The highest BCUT2D eigenvalue weighted by Crippen LogP contribution is 2.26.